The third-order valence-corrected chi connectivity index (χ3v) is 2.71. The maximum Gasteiger partial charge on any atom is 0.166 e. The molecule has 0 aromatic heterocycles. The van der Waals surface area contributed by atoms with Gasteiger partial charge in [-0.1, -0.05) is 19.2 Å². The van der Waals surface area contributed by atoms with E-state index in [1.165, 1.54) is 0 Å². The van der Waals surface area contributed by atoms with Gasteiger partial charge in [0.2, 0.25) is 0 Å². The Bertz CT molecular complexity index is 288. The summed E-state index contributed by atoms with van der Waals surface area (Å²) in [5.41, 5.74) is 6.67. The molecule has 0 unspecified atom stereocenters. The highest BCUT2D eigenvalue weighted by molar-refractivity contribution is 7.80. The van der Waals surface area contributed by atoms with Gasteiger partial charge in [-0.25, -0.2) is 0 Å². The van der Waals surface area contributed by atoms with Crippen LogP contribution in [0.25, 0.3) is 0 Å². The van der Waals surface area contributed by atoms with E-state index in [2.05, 4.69) is 18.1 Å². The van der Waals surface area contributed by atoms with E-state index in [0.717, 1.165) is 31.9 Å². The van der Waals surface area contributed by atoms with Crippen molar-refractivity contribution in [1.29, 1.82) is 0 Å². The highest BCUT2D eigenvalue weighted by atomic mass is 32.1. The molecule has 0 aliphatic carbocycles. The number of allylic oxidation sites excluding steroid dienone is 3. The van der Waals surface area contributed by atoms with Gasteiger partial charge < -0.3 is 15.5 Å². The van der Waals surface area contributed by atoms with Gasteiger partial charge in [0.25, 0.3) is 0 Å². The van der Waals surface area contributed by atoms with Crippen LogP contribution in [-0.2, 0) is 0 Å². The number of nitrogens with two attached hydrogens (primary N) is 1. The Balaban J connectivity index is 2.56. The lowest BCUT2D eigenvalue weighted by molar-refractivity contribution is 0.228. The molecule has 0 aromatic carbocycles. The lowest BCUT2D eigenvalue weighted by Crippen LogP contribution is -2.49. The number of hydrogen-bond acceptors (Lipinski definition) is 2. The van der Waals surface area contributed by atoms with E-state index >= 15 is 0 Å². The van der Waals surface area contributed by atoms with Gasteiger partial charge in [0, 0.05) is 31.9 Å². The fourth-order valence-electron chi connectivity index (χ4n) is 1.61. The predicted molar refractivity (Wildman–Crippen MR) is 68.4 cm³/mol. The van der Waals surface area contributed by atoms with Crippen molar-refractivity contribution in [3.8, 4) is 0 Å². The predicted octanol–water partition coefficient (Wildman–Crippen LogP) is 1.10. The number of nitrogens with zero attached hydrogens (tertiary/aromatic N) is 2. The largest absolute Gasteiger partial charge is 0.376 e. The fourth-order valence-corrected chi connectivity index (χ4v) is 1.79. The van der Waals surface area contributed by atoms with Gasteiger partial charge in [-0.05, 0) is 24.4 Å². The smallest absolute Gasteiger partial charge is 0.166 e. The van der Waals surface area contributed by atoms with Crippen molar-refractivity contribution in [1.82, 2.24) is 9.80 Å². The maximum atomic E-state index is 5.57. The first-order chi connectivity index (χ1) is 7.19. The summed E-state index contributed by atoms with van der Waals surface area (Å²) in [4.78, 5) is 4.27. The van der Waals surface area contributed by atoms with Crippen molar-refractivity contribution >= 4 is 17.3 Å². The van der Waals surface area contributed by atoms with E-state index in [9.17, 15) is 0 Å². The third-order valence-electron chi connectivity index (χ3n) is 2.45. The average molecular weight is 223 g/mol. The molecule has 1 rings (SSSR count). The van der Waals surface area contributed by atoms with Gasteiger partial charge in [0.15, 0.2) is 5.11 Å². The summed E-state index contributed by atoms with van der Waals surface area (Å²) in [5.74, 6) is 0. The molecule has 0 atom stereocenters. The normalized spacial score (nSPS) is 17.5. The van der Waals surface area contributed by atoms with Crippen LogP contribution in [0.5, 0.6) is 0 Å². The summed E-state index contributed by atoms with van der Waals surface area (Å²) >= 11 is 4.93. The quantitative estimate of drug-likeness (QED) is 0.574. The van der Waals surface area contributed by atoms with Crippen LogP contribution in [0, 0.1) is 0 Å². The van der Waals surface area contributed by atoms with Crippen LogP contribution in [0.2, 0.25) is 0 Å². The molecule has 1 aliphatic heterocycles. The van der Waals surface area contributed by atoms with E-state index in [1.54, 1.807) is 6.08 Å². The van der Waals surface area contributed by atoms with Crippen LogP contribution in [0.15, 0.2) is 37.1 Å². The molecule has 1 saturated heterocycles. The van der Waals surface area contributed by atoms with E-state index in [1.807, 2.05) is 17.1 Å². The van der Waals surface area contributed by atoms with Crippen LogP contribution in [-0.4, -0.2) is 41.1 Å². The molecule has 0 amide bonds. The molecule has 0 radical (unpaired) electrons. The van der Waals surface area contributed by atoms with Crippen LogP contribution < -0.4 is 5.73 Å². The Morgan fingerprint density at radius 2 is 1.67 bits per heavy atom. The molecule has 1 aliphatic rings. The van der Waals surface area contributed by atoms with Crippen LogP contribution in [0.4, 0.5) is 0 Å². The molecule has 0 aromatic rings. The van der Waals surface area contributed by atoms with Crippen molar-refractivity contribution < 1.29 is 0 Å². The second-order valence-corrected chi connectivity index (χ2v) is 3.76. The second kappa shape index (κ2) is 5.56. The monoisotopic (exact) mass is 223 g/mol. The molecule has 2 N–H and O–H groups in total. The molecule has 15 heavy (non-hydrogen) atoms. The molecular formula is C11H17N3S. The summed E-state index contributed by atoms with van der Waals surface area (Å²) in [7, 11) is 0. The molecule has 1 heterocycles. The Morgan fingerprint density at radius 3 is 2.07 bits per heavy atom. The van der Waals surface area contributed by atoms with Crippen molar-refractivity contribution in [2.75, 3.05) is 26.2 Å². The number of hydrogen-bond donors (Lipinski definition) is 1. The van der Waals surface area contributed by atoms with E-state index in [0.29, 0.717) is 5.11 Å². The Morgan fingerprint density at radius 1 is 1.13 bits per heavy atom. The van der Waals surface area contributed by atoms with Crippen LogP contribution in [0.3, 0.4) is 0 Å². The van der Waals surface area contributed by atoms with E-state index in [-0.39, 0.29) is 0 Å². The van der Waals surface area contributed by atoms with Crippen molar-refractivity contribution in [2.24, 2.45) is 5.73 Å². The fraction of sp³-hybridized carbons (Fsp3) is 0.364. The topological polar surface area (TPSA) is 32.5 Å². The lowest BCUT2D eigenvalue weighted by atomic mass is 10.2. The first kappa shape index (κ1) is 11.8. The molecule has 1 fully saturated rings. The second-order valence-electron chi connectivity index (χ2n) is 3.34. The number of thiocarbonyl (C=S) groups is 1. The summed E-state index contributed by atoms with van der Waals surface area (Å²) in [6, 6.07) is 0. The minimum Gasteiger partial charge on any atom is -0.376 e. The standard InChI is InChI=1S/C11H17N3S/c1-3-5-10(4-2)13-6-8-14(9-7-13)11(12)15/h3-5H,1-2,6-9H2,(H2,12,15)/b10-5+. The first-order valence-electron chi connectivity index (χ1n) is 4.93. The zero-order valence-corrected chi connectivity index (χ0v) is 9.67. The van der Waals surface area contributed by atoms with Gasteiger partial charge in [0.05, 0.1) is 0 Å². The SMILES string of the molecule is C=C/C=C(\C=C)N1CCN(C(N)=S)CC1. The number of rotatable bonds is 3. The lowest BCUT2D eigenvalue weighted by Gasteiger charge is -2.36. The van der Waals surface area contributed by atoms with Gasteiger partial charge >= 0.3 is 0 Å². The van der Waals surface area contributed by atoms with Crippen molar-refractivity contribution in [3.05, 3.63) is 37.1 Å². The van der Waals surface area contributed by atoms with Gasteiger partial charge in [-0.3, -0.25) is 0 Å². The summed E-state index contributed by atoms with van der Waals surface area (Å²) in [6.07, 6.45) is 5.58. The van der Waals surface area contributed by atoms with Gasteiger partial charge in [-0.2, -0.15) is 0 Å². The molecule has 0 spiro atoms. The highest BCUT2D eigenvalue weighted by Gasteiger charge is 2.17. The van der Waals surface area contributed by atoms with Crippen LogP contribution >= 0.6 is 12.2 Å². The Kier molecular flexibility index (Phi) is 4.37. The zero-order chi connectivity index (χ0) is 11.3. The highest BCUT2D eigenvalue weighted by Crippen LogP contribution is 2.10. The minimum absolute atomic E-state index is 0.488. The molecule has 0 bridgehead atoms. The summed E-state index contributed by atoms with van der Waals surface area (Å²) in [5, 5.41) is 0.488. The first-order valence-corrected chi connectivity index (χ1v) is 5.34. The number of piperazine rings is 1. The van der Waals surface area contributed by atoms with E-state index < -0.39 is 0 Å². The van der Waals surface area contributed by atoms with E-state index in [4.69, 9.17) is 18.0 Å². The molecule has 0 saturated carbocycles. The van der Waals surface area contributed by atoms with Crippen molar-refractivity contribution in [2.45, 2.75) is 0 Å². The van der Waals surface area contributed by atoms with Crippen molar-refractivity contribution in [3.63, 3.8) is 0 Å². The molecular weight excluding hydrogens is 206 g/mol. The third kappa shape index (κ3) is 3.09. The zero-order valence-electron chi connectivity index (χ0n) is 8.85. The minimum atomic E-state index is 0.488. The maximum absolute atomic E-state index is 5.57. The molecule has 3 nitrogen and oxygen atoms in total. The summed E-state index contributed by atoms with van der Waals surface area (Å²) in [6.45, 7) is 11.1. The molecule has 82 valence electrons. The Labute approximate surface area is 96.5 Å². The summed E-state index contributed by atoms with van der Waals surface area (Å²) < 4.78 is 0. The van der Waals surface area contributed by atoms with Gasteiger partial charge in [-0.15, -0.1) is 0 Å². The van der Waals surface area contributed by atoms with Crippen LogP contribution in [0.1, 0.15) is 0 Å². The molecule has 4 heteroatoms. The Hall–Kier alpha value is -1.29. The van der Waals surface area contributed by atoms with Gasteiger partial charge in [0.1, 0.15) is 0 Å². The average Bonchev–Trinajstić information content (AvgIpc) is 2.26.